The molecule has 1 atom stereocenters. The van der Waals surface area contributed by atoms with E-state index in [1.807, 2.05) is 0 Å². The number of imidazole rings is 1. The normalized spacial score (nSPS) is 18.2. The molecule has 1 aromatic carbocycles. The molecule has 102 valence electrons. The number of aryl methyl sites for hydroxylation is 1. The number of hydrogen-bond acceptors (Lipinski definition) is 3. The zero-order valence-electron chi connectivity index (χ0n) is 11.4. The smallest absolute Gasteiger partial charge is 0.166 e. The molecule has 1 unspecified atom stereocenters. The number of thioether (sulfide) groups is 1. The van der Waals surface area contributed by atoms with E-state index in [0.29, 0.717) is 6.04 Å². The van der Waals surface area contributed by atoms with Gasteiger partial charge in [0.25, 0.3) is 0 Å². The average molecular weight is 275 g/mol. The zero-order chi connectivity index (χ0) is 13.2. The summed E-state index contributed by atoms with van der Waals surface area (Å²) in [5, 5.41) is 0.994. The Balaban J connectivity index is 1.64. The third-order valence-electron chi connectivity index (χ3n) is 4.03. The number of fused-ring (bicyclic) bond motifs is 1. The van der Waals surface area contributed by atoms with Crippen LogP contribution in [0.25, 0.3) is 11.0 Å². The Bertz CT molecular complexity index is 558. The summed E-state index contributed by atoms with van der Waals surface area (Å²) >= 11 is 1.76. The maximum Gasteiger partial charge on any atom is 0.166 e. The van der Waals surface area contributed by atoms with Crippen molar-refractivity contribution in [1.29, 1.82) is 0 Å². The van der Waals surface area contributed by atoms with Gasteiger partial charge in [-0.3, -0.25) is 0 Å². The summed E-state index contributed by atoms with van der Waals surface area (Å²) in [6.07, 6.45) is 5.32. The number of aromatic nitrogens is 2. The first kappa shape index (κ1) is 13.0. The van der Waals surface area contributed by atoms with Gasteiger partial charge in [0.15, 0.2) is 5.16 Å². The van der Waals surface area contributed by atoms with Gasteiger partial charge >= 0.3 is 0 Å². The van der Waals surface area contributed by atoms with E-state index in [2.05, 4.69) is 35.1 Å². The van der Waals surface area contributed by atoms with Crippen LogP contribution in [0.4, 0.5) is 0 Å². The van der Waals surface area contributed by atoms with Crippen LogP contribution in [-0.2, 0) is 0 Å². The van der Waals surface area contributed by atoms with Crippen LogP contribution in [0.2, 0.25) is 0 Å². The van der Waals surface area contributed by atoms with Gasteiger partial charge in [0.2, 0.25) is 0 Å². The van der Waals surface area contributed by atoms with Crippen LogP contribution in [0, 0.1) is 12.8 Å². The highest BCUT2D eigenvalue weighted by Crippen LogP contribution is 2.29. The van der Waals surface area contributed by atoms with Gasteiger partial charge in [0.05, 0.1) is 11.0 Å². The van der Waals surface area contributed by atoms with E-state index in [4.69, 9.17) is 5.73 Å². The SMILES string of the molecule is Cc1ccc2nc(SCC(N)C3CCCC3)[nH]c2c1. The third kappa shape index (κ3) is 2.95. The molecule has 1 saturated carbocycles. The summed E-state index contributed by atoms with van der Waals surface area (Å²) in [7, 11) is 0. The Hall–Kier alpha value is -1.00. The Kier molecular flexibility index (Phi) is 3.80. The Morgan fingerprint density at radius 2 is 2.21 bits per heavy atom. The summed E-state index contributed by atoms with van der Waals surface area (Å²) < 4.78 is 0. The van der Waals surface area contributed by atoms with Crippen molar-refractivity contribution in [3.05, 3.63) is 23.8 Å². The Morgan fingerprint density at radius 1 is 1.42 bits per heavy atom. The van der Waals surface area contributed by atoms with Crippen molar-refractivity contribution in [2.45, 2.75) is 43.8 Å². The summed E-state index contributed by atoms with van der Waals surface area (Å²) in [6, 6.07) is 6.62. The highest BCUT2D eigenvalue weighted by Gasteiger charge is 2.22. The lowest BCUT2D eigenvalue weighted by Crippen LogP contribution is -2.30. The first-order chi connectivity index (χ1) is 9.22. The molecule has 1 aliphatic carbocycles. The molecular weight excluding hydrogens is 254 g/mol. The molecule has 0 saturated heterocycles. The number of hydrogen-bond donors (Lipinski definition) is 2. The van der Waals surface area contributed by atoms with E-state index in [1.165, 1.54) is 31.2 Å². The molecule has 0 bridgehead atoms. The molecule has 1 heterocycles. The number of rotatable bonds is 4. The minimum Gasteiger partial charge on any atom is -0.333 e. The quantitative estimate of drug-likeness (QED) is 0.840. The number of benzene rings is 1. The minimum atomic E-state index is 0.308. The number of H-pyrrole nitrogens is 1. The van der Waals surface area contributed by atoms with Crippen molar-refractivity contribution in [2.75, 3.05) is 5.75 Å². The molecule has 1 fully saturated rings. The van der Waals surface area contributed by atoms with Gasteiger partial charge in [0, 0.05) is 11.8 Å². The van der Waals surface area contributed by atoms with Crippen LogP contribution < -0.4 is 5.73 Å². The second-order valence-electron chi connectivity index (χ2n) is 5.58. The third-order valence-corrected chi connectivity index (χ3v) is 5.05. The molecule has 1 aromatic heterocycles. The fraction of sp³-hybridized carbons (Fsp3) is 0.533. The van der Waals surface area contributed by atoms with Crippen LogP contribution in [-0.4, -0.2) is 21.8 Å². The van der Waals surface area contributed by atoms with Crippen LogP contribution in [0.15, 0.2) is 23.4 Å². The molecule has 0 radical (unpaired) electrons. The number of nitrogens with two attached hydrogens (primary N) is 1. The lowest BCUT2D eigenvalue weighted by molar-refractivity contribution is 0.463. The van der Waals surface area contributed by atoms with Gasteiger partial charge in [-0.25, -0.2) is 4.98 Å². The molecule has 0 aliphatic heterocycles. The predicted octanol–water partition coefficient (Wildman–Crippen LogP) is 3.48. The highest BCUT2D eigenvalue weighted by molar-refractivity contribution is 7.99. The molecule has 0 spiro atoms. The maximum atomic E-state index is 6.28. The molecule has 0 amide bonds. The van der Waals surface area contributed by atoms with Crippen LogP contribution in [0.5, 0.6) is 0 Å². The van der Waals surface area contributed by atoms with Gasteiger partial charge < -0.3 is 10.7 Å². The van der Waals surface area contributed by atoms with E-state index >= 15 is 0 Å². The first-order valence-electron chi connectivity index (χ1n) is 7.07. The van der Waals surface area contributed by atoms with Crippen molar-refractivity contribution in [3.8, 4) is 0 Å². The molecule has 19 heavy (non-hydrogen) atoms. The van der Waals surface area contributed by atoms with Gasteiger partial charge in [-0.05, 0) is 43.4 Å². The van der Waals surface area contributed by atoms with Crippen molar-refractivity contribution >= 4 is 22.8 Å². The number of aromatic amines is 1. The molecular formula is C15H21N3S. The van der Waals surface area contributed by atoms with Crippen molar-refractivity contribution in [3.63, 3.8) is 0 Å². The van der Waals surface area contributed by atoms with E-state index in [1.54, 1.807) is 11.8 Å². The van der Waals surface area contributed by atoms with E-state index < -0.39 is 0 Å². The van der Waals surface area contributed by atoms with Gasteiger partial charge in [-0.15, -0.1) is 0 Å². The lowest BCUT2D eigenvalue weighted by Gasteiger charge is -2.17. The van der Waals surface area contributed by atoms with E-state index in [0.717, 1.165) is 27.9 Å². The van der Waals surface area contributed by atoms with E-state index in [9.17, 15) is 0 Å². The maximum absolute atomic E-state index is 6.28. The summed E-state index contributed by atoms with van der Waals surface area (Å²) in [6.45, 7) is 2.10. The standard InChI is InChI=1S/C15H21N3S/c1-10-6-7-13-14(8-10)18-15(17-13)19-9-12(16)11-4-2-3-5-11/h6-8,11-12H,2-5,9,16H2,1H3,(H,17,18). The van der Waals surface area contributed by atoms with Crippen LogP contribution in [0.1, 0.15) is 31.2 Å². The number of nitrogens with zero attached hydrogens (tertiary/aromatic N) is 1. The van der Waals surface area contributed by atoms with E-state index in [-0.39, 0.29) is 0 Å². The van der Waals surface area contributed by atoms with Crippen LogP contribution in [0.3, 0.4) is 0 Å². The van der Waals surface area contributed by atoms with Gasteiger partial charge in [-0.1, -0.05) is 30.7 Å². The second kappa shape index (κ2) is 5.55. The molecule has 4 heteroatoms. The first-order valence-corrected chi connectivity index (χ1v) is 8.06. The molecule has 3 nitrogen and oxygen atoms in total. The number of nitrogens with one attached hydrogen (secondary N) is 1. The summed E-state index contributed by atoms with van der Waals surface area (Å²) in [4.78, 5) is 7.98. The van der Waals surface area contributed by atoms with Crippen LogP contribution >= 0.6 is 11.8 Å². The van der Waals surface area contributed by atoms with Crippen molar-refractivity contribution in [1.82, 2.24) is 9.97 Å². The molecule has 3 rings (SSSR count). The zero-order valence-corrected chi connectivity index (χ0v) is 12.2. The fourth-order valence-electron chi connectivity index (χ4n) is 2.87. The summed E-state index contributed by atoms with van der Waals surface area (Å²) in [5.41, 5.74) is 9.71. The fourth-order valence-corrected chi connectivity index (χ4v) is 3.83. The molecule has 3 N–H and O–H groups in total. The largest absolute Gasteiger partial charge is 0.333 e. The Labute approximate surface area is 118 Å². The molecule has 1 aliphatic rings. The minimum absolute atomic E-state index is 0.308. The van der Waals surface area contributed by atoms with Crippen molar-refractivity contribution in [2.24, 2.45) is 11.7 Å². The average Bonchev–Trinajstić information content (AvgIpc) is 3.04. The lowest BCUT2D eigenvalue weighted by atomic mass is 10.0. The van der Waals surface area contributed by atoms with Gasteiger partial charge in [-0.2, -0.15) is 0 Å². The topological polar surface area (TPSA) is 54.7 Å². The van der Waals surface area contributed by atoms with Crippen molar-refractivity contribution < 1.29 is 0 Å². The monoisotopic (exact) mass is 275 g/mol. The van der Waals surface area contributed by atoms with Gasteiger partial charge in [0.1, 0.15) is 0 Å². The Morgan fingerprint density at radius 3 is 3.00 bits per heavy atom. The highest BCUT2D eigenvalue weighted by atomic mass is 32.2. The summed E-state index contributed by atoms with van der Waals surface area (Å²) in [5.74, 6) is 1.68. The molecule has 2 aromatic rings. The second-order valence-corrected chi connectivity index (χ2v) is 6.59. The predicted molar refractivity (Wildman–Crippen MR) is 81.5 cm³/mol.